The summed E-state index contributed by atoms with van der Waals surface area (Å²) in [7, 11) is 0. The largest absolute Gasteiger partial charge is 0.393 e. The molecule has 5 aliphatic rings. The van der Waals surface area contributed by atoms with Gasteiger partial charge in [-0.25, -0.2) is 0 Å². The quantitative estimate of drug-likeness (QED) is 0.315. The number of hydrogen-bond acceptors (Lipinski definition) is 6. The number of amides is 3. The zero-order valence-electron chi connectivity index (χ0n) is 30.5. The second-order valence-electron chi connectivity index (χ2n) is 17.0. The van der Waals surface area contributed by atoms with Gasteiger partial charge in [-0.15, -0.1) is 0 Å². The Bertz CT molecular complexity index is 1530. The second-order valence-corrected chi connectivity index (χ2v) is 17.0. The molecular formula is C42H58N4O5. The summed E-state index contributed by atoms with van der Waals surface area (Å²) in [6, 6.07) is 18.3. The highest BCUT2D eigenvalue weighted by molar-refractivity contribution is 5.91. The van der Waals surface area contributed by atoms with Crippen molar-refractivity contribution in [1.82, 2.24) is 20.4 Å². The molecule has 0 spiro atoms. The Morgan fingerprint density at radius 3 is 2.20 bits per heavy atom. The first-order valence-electron chi connectivity index (χ1n) is 19.6. The molecule has 4 N–H and O–H groups in total. The molecule has 1 heterocycles. The summed E-state index contributed by atoms with van der Waals surface area (Å²) in [5.41, 5.74) is 2.05. The number of nitrogens with zero attached hydrogens (tertiary/aromatic N) is 2. The first kappa shape index (κ1) is 36.1. The van der Waals surface area contributed by atoms with Gasteiger partial charge in [0.2, 0.25) is 17.7 Å². The summed E-state index contributed by atoms with van der Waals surface area (Å²) in [4.78, 5) is 43.9. The van der Waals surface area contributed by atoms with Gasteiger partial charge in [-0.1, -0.05) is 74.5 Å². The van der Waals surface area contributed by atoms with Crippen LogP contribution in [-0.2, 0) is 27.2 Å². The Hall–Kier alpha value is -3.27. The van der Waals surface area contributed by atoms with Gasteiger partial charge in [0.15, 0.2) is 0 Å². The van der Waals surface area contributed by atoms with Gasteiger partial charge in [0.1, 0.15) is 6.04 Å². The molecule has 0 aromatic heterocycles. The van der Waals surface area contributed by atoms with E-state index in [1.165, 1.54) is 19.3 Å². The Morgan fingerprint density at radius 1 is 0.824 bits per heavy atom. The standard InChI is InChI=1S/C42H58N4O5/c1-41-18-17-33-31(32(41)15-16-37(41)48)14-13-30-25-36(47)35(26-42(30,33)2)45-19-21-46(22-20-45)39(50)27-43-40(51)34(23-28-9-5-3-6-10-28)44-38(49)24-29-11-7-4-8-12-29/h3-12,30-37,47-48H,13-27H2,1-2H3,(H,43,51)(H,44,49)/t30-,31-,32-,33-,34-,35-,36-,37-,41-,42-/m0/s1. The maximum atomic E-state index is 13.4. The Labute approximate surface area is 303 Å². The van der Waals surface area contributed by atoms with Gasteiger partial charge in [0.05, 0.1) is 25.2 Å². The average Bonchev–Trinajstić information content (AvgIpc) is 3.44. The summed E-state index contributed by atoms with van der Waals surface area (Å²) < 4.78 is 0. The van der Waals surface area contributed by atoms with Gasteiger partial charge in [-0.05, 0) is 97.0 Å². The molecule has 1 saturated heterocycles. The fourth-order valence-corrected chi connectivity index (χ4v) is 11.4. The third-order valence-corrected chi connectivity index (χ3v) is 14.3. The normalized spacial score (nSPS) is 35.5. The van der Waals surface area contributed by atoms with Crippen LogP contribution in [0.1, 0.15) is 76.3 Å². The first-order valence-corrected chi connectivity index (χ1v) is 19.6. The van der Waals surface area contributed by atoms with Gasteiger partial charge in [-0.3, -0.25) is 19.3 Å². The van der Waals surface area contributed by atoms with Crippen LogP contribution in [0.2, 0.25) is 0 Å². The van der Waals surface area contributed by atoms with Gasteiger partial charge >= 0.3 is 0 Å². The monoisotopic (exact) mass is 698 g/mol. The molecule has 0 bridgehead atoms. The Kier molecular flexibility index (Phi) is 10.6. The van der Waals surface area contributed by atoms with Gasteiger partial charge in [-0.2, -0.15) is 0 Å². The molecule has 9 nitrogen and oxygen atoms in total. The summed E-state index contributed by atoms with van der Waals surface area (Å²) in [6.45, 7) is 7.26. The molecule has 276 valence electrons. The van der Waals surface area contributed by atoms with Crippen molar-refractivity contribution in [2.75, 3.05) is 32.7 Å². The van der Waals surface area contributed by atoms with Crippen LogP contribution < -0.4 is 10.6 Å². The van der Waals surface area contributed by atoms with E-state index >= 15 is 0 Å². The van der Waals surface area contributed by atoms with Crippen LogP contribution in [-0.4, -0.2) is 94.7 Å². The van der Waals surface area contributed by atoms with E-state index in [0.29, 0.717) is 56.3 Å². The molecule has 7 rings (SSSR count). The highest BCUT2D eigenvalue weighted by atomic mass is 16.3. The van der Waals surface area contributed by atoms with Crippen molar-refractivity contribution in [3.63, 3.8) is 0 Å². The summed E-state index contributed by atoms with van der Waals surface area (Å²) in [5, 5.41) is 28.1. The van der Waals surface area contributed by atoms with E-state index in [2.05, 4.69) is 29.4 Å². The van der Waals surface area contributed by atoms with Crippen molar-refractivity contribution in [1.29, 1.82) is 0 Å². The van der Waals surface area contributed by atoms with Gasteiger partial charge < -0.3 is 25.7 Å². The van der Waals surface area contributed by atoms with Crippen molar-refractivity contribution < 1.29 is 24.6 Å². The minimum absolute atomic E-state index is 0.0688. The predicted octanol–water partition coefficient (Wildman–Crippen LogP) is 3.96. The molecule has 0 unspecified atom stereocenters. The molecule has 9 heteroatoms. The summed E-state index contributed by atoms with van der Waals surface area (Å²) in [5.74, 6) is 1.73. The van der Waals surface area contributed by atoms with Crippen molar-refractivity contribution in [2.24, 2.45) is 34.5 Å². The van der Waals surface area contributed by atoms with Crippen LogP contribution in [0, 0.1) is 34.5 Å². The topological polar surface area (TPSA) is 122 Å². The molecule has 1 aliphatic heterocycles. The van der Waals surface area contributed by atoms with E-state index in [9.17, 15) is 24.6 Å². The number of benzene rings is 2. The third-order valence-electron chi connectivity index (χ3n) is 14.3. The molecule has 4 saturated carbocycles. The van der Waals surface area contributed by atoms with E-state index in [1.807, 2.05) is 65.6 Å². The van der Waals surface area contributed by atoms with Gasteiger partial charge in [0.25, 0.3) is 0 Å². The fraction of sp³-hybridized carbons (Fsp3) is 0.643. The molecule has 4 aliphatic carbocycles. The number of carbonyl (C=O) groups excluding carboxylic acids is 3. The molecule has 5 fully saturated rings. The van der Waals surface area contributed by atoms with E-state index in [4.69, 9.17) is 0 Å². The van der Waals surface area contributed by atoms with Crippen molar-refractivity contribution in [3.05, 3.63) is 71.8 Å². The van der Waals surface area contributed by atoms with Crippen LogP contribution in [0.25, 0.3) is 0 Å². The van der Waals surface area contributed by atoms with Crippen LogP contribution >= 0.6 is 0 Å². The Morgan fingerprint density at radius 2 is 1.49 bits per heavy atom. The summed E-state index contributed by atoms with van der Waals surface area (Å²) in [6.07, 6.45) is 8.63. The minimum Gasteiger partial charge on any atom is -0.393 e. The lowest BCUT2D eigenvalue weighted by Crippen LogP contribution is -2.62. The number of fused-ring (bicyclic) bond motifs is 5. The first-order chi connectivity index (χ1) is 24.5. The molecule has 3 amide bonds. The SMILES string of the molecule is C[C@]12C[C@H](N3CCN(C(=O)CNC(=O)[C@H](Cc4ccccc4)NC(=O)Cc4ccccc4)CC3)[C@@H](O)C[C@@H]1CC[C@@H]1[C@@H]2CC[C@]2(C)[C@@H](O)CC[C@@H]12. The van der Waals surface area contributed by atoms with Crippen molar-refractivity contribution >= 4 is 17.7 Å². The van der Waals surface area contributed by atoms with Crippen LogP contribution in [0.3, 0.4) is 0 Å². The number of piperazine rings is 1. The molecule has 2 aromatic rings. The lowest BCUT2D eigenvalue weighted by Gasteiger charge is -2.62. The zero-order valence-corrected chi connectivity index (χ0v) is 30.5. The van der Waals surface area contributed by atoms with E-state index in [0.717, 1.165) is 43.2 Å². The average molecular weight is 699 g/mol. The lowest BCUT2D eigenvalue weighted by molar-refractivity contribution is -0.156. The van der Waals surface area contributed by atoms with E-state index in [1.54, 1.807) is 0 Å². The Balaban J connectivity index is 0.928. The highest BCUT2D eigenvalue weighted by Crippen LogP contribution is 2.66. The van der Waals surface area contributed by atoms with E-state index in [-0.39, 0.29) is 59.8 Å². The van der Waals surface area contributed by atoms with Crippen molar-refractivity contribution in [2.45, 2.75) is 102 Å². The third kappa shape index (κ3) is 7.36. The highest BCUT2D eigenvalue weighted by Gasteiger charge is 2.61. The molecular weight excluding hydrogens is 640 g/mol. The number of aliphatic hydroxyl groups excluding tert-OH is 2. The van der Waals surface area contributed by atoms with Gasteiger partial charge in [0, 0.05) is 38.6 Å². The smallest absolute Gasteiger partial charge is 0.243 e. The molecule has 10 atom stereocenters. The minimum atomic E-state index is -0.803. The maximum absolute atomic E-state index is 13.4. The van der Waals surface area contributed by atoms with Crippen LogP contribution in [0.4, 0.5) is 0 Å². The number of rotatable bonds is 9. The molecule has 0 radical (unpaired) electrons. The summed E-state index contributed by atoms with van der Waals surface area (Å²) >= 11 is 0. The zero-order chi connectivity index (χ0) is 35.8. The molecule has 2 aromatic carbocycles. The number of aliphatic hydroxyl groups is 2. The second kappa shape index (κ2) is 15.0. The number of carbonyl (C=O) groups is 3. The predicted molar refractivity (Wildman–Crippen MR) is 196 cm³/mol. The number of hydrogen-bond donors (Lipinski definition) is 4. The van der Waals surface area contributed by atoms with Crippen LogP contribution in [0.5, 0.6) is 0 Å². The van der Waals surface area contributed by atoms with E-state index < -0.39 is 6.04 Å². The molecule has 51 heavy (non-hydrogen) atoms. The lowest BCUT2D eigenvalue weighted by atomic mass is 9.44. The fourth-order valence-electron chi connectivity index (χ4n) is 11.4. The van der Waals surface area contributed by atoms with Crippen LogP contribution in [0.15, 0.2) is 60.7 Å². The number of nitrogens with one attached hydrogen (secondary N) is 2. The maximum Gasteiger partial charge on any atom is 0.243 e. The van der Waals surface area contributed by atoms with Crippen molar-refractivity contribution in [3.8, 4) is 0 Å².